The van der Waals surface area contributed by atoms with Crippen LogP contribution in [0.5, 0.6) is 0 Å². The topological polar surface area (TPSA) is 46.9 Å². The van der Waals surface area contributed by atoms with E-state index in [0.29, 0.717) is 0 Å². The van der Waals surface area contributed by atoms with E-state index in [1.54, 1.807) is 0 Å². The van der Waals surface area contributed by atoms with Gasteiger partial charge in [-0.1, -0.05) is 50.3 Å². The van der Waals surface area contributed by atoms with Gasteiger partial charge < -0.3 is 10.2 Å². The third-order valence-electron chi connectivity index (χ3n) is 6.54. The van der Waals surface area contributed by atoms with Crippen LogP contribution in [0.1, 0.15) is 70.6 Å². The lowest BCUT2D eigenvalue weighted by Gasteiger charge is -2.37. The molecular weight excluding hydrogens is 380 g/mol. The first-order valence-corrected chi connectivity index (χ1v) is 12.6. The molecule has 29 heavy (non-hydrogen) atoms. The van der Waals surface area contributed by atoms with Crippen molar-refractivity contribution in [1.29, 1.82) is 0 Å². The Morgan fingerprint density at radius 3 is 2.48 bits per heavy atom. The molecule has 2 unspecified atom stereocenters. The van der Waals surface area contributed by atoms with Gasteiger partial charge in [-0.3, -0.25) is 4.90 Å². The molecule has 4 nitrogen and oxygen atoms in total. The Morgan fingerprint density at radius 2 is 1.72 bits per heavy atom. The number of aliphatic hydroxyl groups is 2. The maximum Gasteiger partial charge on any atom is 0.0587 e. The van der Waals surface area contributed by atoms with Gasteiger partial charge in [0, 0.05) is 30.1 Å². The zero-order valence-corrected chi connectivity index (χ0v) is 18.7. The summed E-state index contributed by atoms with van der Waals surface area (Å²) in [4.78, 5) is 3.74. The molecule has 2 atom stereocenters. The molecule has 1 aromatic rings. The highest BCUT2D eigenvalue weighted by Crippen LogP contribution is 2.32. The Morgan fingerprint density at radius 1 is 0.966 bits per heavy atom. The molecule has 1 aliphatic carbocycles. The van der Waals surface area contributed by atoms with Crippen LogP contribution in [0.2, 0.25) is 0 Å². The van der Waals surface area contributed by atoms with Gasteiger partial charge in [-0.15, -0.1) is 0 Å². The number of hydrogen-bond donors (Lipinski definition) is 2. The summed E-state index contributed by atoms with van der Waals surface area (Å²) in [6, 6.07) is 11.7. The summed E-state index contributed by atoms with van der Waals surface area (Å²) in [7, 11) is 0. The summed E-state index contributed by atoms with van der Waals surface area (Å²) < 4.78 is 2.67. The Hall–Kier alpha value is -0.590. The fraction of sp³-hybridized carbons (Fsp3) is 0.750. The van der Waals surface area contributed by atoms with E-state index < -0.39 is 0 Å². The van der Waals surface area contributed by atoms with Gasteiger partial charge >= 0.3 is 0 Å². The highest BCUT2D eigenvalue weighted by molar-refractivity contribution is 7.97. The van der Waals surface area contributed by atoms with E-state index in [9.17, 15) is 10.2 Å². The van der Waals surface area contributed by atoms with Gasteiger partial charge in [0.15, 0.2) is 0 Å². The molecule has 0 amide bonds. The first-order valence-electron chi connectivity index (χ1n) is 11.8. The van der Waals surface area contributed by atoms with Crippen molar-refractivity contribution in [2.45, 2.75) is 93.7 Å². The molecule has 0 aromatic heterocycles. The van der Waals surface area contributed by atoms with E-state index >= 15 is 0 Å². The molecular formula is C24H40N2O2S. The number of rotatable bonds is 11. The van der Waals surface area contributed by atoms with Crippen molar-refractivity contribution in [1.82, 2.24) is 9.21 Å². The average molecular weight is 421 g/mol. The van der Waals surface area contributed by atoms with Crippen molar-refractivity contribution < 1.29 is 10.2 Å². The summed E-state index contributed by atoms with van der Waals surface area (Å²) >= 11 is 1.96. The predicted octanol–water partition coefficient (Wildman–Crippen LogP) is 4.71. The first-order chi connectivity index (χ1) is 14.3. The molecule has 1 saturated heterocycles. The molecule has 5 heteroatoms. The van der Waals surface area contributed by atoms with Gasteiger partial charge in [0.1, 0.15) is 0 Å². The smallest absolute Gasteiger partial charge is 0.0587 e. The van der Waals surface area contributed by atoms with Gasteiger partial charge in [-0.05, 0) is 69.2 Å². The lowest BCUT2D eigenvalue weighted by molar-refractivity contribution is 0.0163. The molecule has 0 radical (unpaired) electrons. The molecule has 3 rings (SSSR count). The summed E-state index contributed by atoms with van der Waals surface area (Å²) in [5, 5.41) is 19.4. The van der Waals surface area contributed by atoms with Crippen molar-refractivity contribution in [3.05, 3.63) is 30.3 Å². The highest BCUT2D eigenvalue weighted by Gasteiger charge is 2.26. The van der Waals surface area contributed by atoms with E-state index in [1.165, 1.54) is 69.2 Å². The van der Waals surface area contributed by atoms with Crippen LogP contribution in [0.3, 0.4) is 0 Å². The Balaban J connectivity index is 1.37. The quantitative estimate of drug-likeness (QED) is 0.401. The van der Waals surface area contributed by atoms with Crippen molar-refractivity contribution in [2.24, 2.45) is 0 Å². The van der Waals surface area contributed by atoms with Crippen LogP contribution < -0.4 is 0 Å². The maximum atomic E-state index is 9.79. The number of benzene rings is 1. The summed E-state index contributed by atoms with van der Waals surface area (Å²) in [5.41, 5.74) is 0. The normalized spacial score (nSPS) is 24.2. The summed E-state index contributed by atoms with van der Waals surface area (Å²) in [5.74, 6) is 0. The highest BCUT2D eigenvalue weighted by atomic mass is 32.2. The van der Waals surface area contributed by atoms with Crippen LogP contribution in [0.15, 0.2) is 35.2 Å². The van der Waals surface area contributed by atoms with Gasteiger partial charge in [0.25, 0.3) is 0 Å². The largest absolute Gasteiger partial charge is 0.395 e. The fourth-order valence-electron chi connectivity index (χ4n) is 4.79. The molecule has 0 spiro atoms. The second kappa shape index (κ2) is 13.0. The second-order valence-electron chi connectivity index (χ2n) is 8.80. The summed E-state index contributed by atoms with van der Waals surface area (Å²) in [6.07, 6.45) is 13.2. The van der Waals surface area contributed by atoms with Crippen LogP contribution in [-0.4, -0.2) is 63.8 Å². The SMILES string of the molecule is OCC1CC(O)CCN1CCCCCCN(Sc1ccccc1)C1CCCCC1. The molecule has 2 fully saturated rings. The van der Waals surface area contributed by atoms with Crippen LogP contribution in [0.25, 0.3) is 0 Å². The molecule has 2 N–H and O–H groups in total. The van der Waals surface area contributed by atoms with E-state index in [4.69, 9.17) is 0 Å². The van der Waals surface area contributed by atoms with Crippen molar-refractivity contribution in [3.63, 3.8) is 0 Å². The number of nitrogens with zero attached hydrogens (tertiary/aromatic N) is 2. The van der Waals surface area contributed by atoms with Crippen LogP contribution in [-0.2, 0) is 0 Å². The van der Waals surface area contributed by atoms with E-state index in [-0.39, 0.29) is 18.8 Å². The monoisotopic (exact) mass is 420 g/mol. The van der Waals surface area contributed by atoms with Crippen LogP contribution in [0.4, 0.5) is 0 Å². The third-order valence-corrected chi connectivity index (χ3v) is 7.74. The number of unbranched alkanes of at least 4 members (excludes halogenated alkanes) is 3. The molecule has 1 aliphatic heterocycles. The van der Waals surface area contributed by atoms with Crippen LogP contribution in [0, 0.1) is 0 Å². The minimum absolute atomic E-state index is 0.155. The maximum absolute atomic E-state index is 9.79. The first kappa shape index (κ1) is 23.1. The zero-order chi connectivity index (χ0) is 20.3. The minimum Gasteiger partial charge on any atom is -0.395 e. The Bertz CT molecular complexity index is 553. The average Bonchev–Trinajstić information content (AvgIpc) is 2.77. The molecule has 0 bridgehead atoms. The van der Waals surface area contributed by atoms with Crippen molar-refractivity contribution in [2.75, 3.05) is 26.2 Å². The zero-order valence-electron chi connectivity index (χ0n) is 17.9. The van der Waals surface area contributed by atoms with Gasteiger partial charge in [0.05, 0.1) is 12.7 Å². The van der Waals surface area contributed by atoms with Crippen LogP contribution >= 0.6 is 11.9 Å². The number of aliphatic hydroxyl groups excluding tert-OH is 2. The molecule has 1 aromatic carbocycles. The lowest BCUT2D eigenvalue weighted by Crippen LogP contribution is -2.46. The Labute approximate surface area is 181 Å². The standard InChI is InChI=1S/C24H40N2O2S/c27-20-22-19-23(28)15-18-25(22)16-9-1-2-10-17-26(21-11-5-3-6-12-21)29-24-13-7-4-8-14-24/h4,7-8,13-14,21-23,27-28H,1-3,5-6,9-12,15-20H2. The summed E-state index contributed by atoms with van der Waals surface area (Å²) in [6.45, 7) is 3.34. The predicted molar refractivity (Wildman–Crippen MR) is 122 cm³/mol. The molecule has 1 heterocycles. The number of likely N-dealkylation sites (tertiary alicyclic amines) is 1. The molecule has 2 aliphatic rings. The van der Waals surface area contributed by atoms with Gasteiger partial charge in [-0.25, -0.2) is 4.31 Å². The van der Waals surface area contributed by atoms with E-state index in [2.05, 4.69) is 39.5 Å². The number of hydrogen-bond acceptors (Lipinski definition) is 5. The lowest BCUT2D eigenvalue weighted by atomic mass is 9.95. The minimum atomic E-state index is -0.226. The molecule has 164 valence electrons. The van der Waals surface area contributed by atoms with Crippen molar-refractivity contribution in [3.8, 4) is 0 Å². The van der Waals surface area contributed by atoms with Gasteiger partial charge in [0.2, 0.25) is 0 Å². The third kappa shape index (κ3) is 7.87. The van der Waals surface area contributed by atoms with E-state index in [0.717, 1.165) is 32.0 Å². The van der Waals surface area contributed by atoms with E-state index in [1.807, 2.05) is 11.9 Å². The van der Waals surface area contributed by atoms with Crippen molar-refractivity contribution >= 4 is 11.9 Å². The fourth-order valence-corrected chi connectivity index (χ4v) is 5.92. The second-order valence-corrected chi connectivity index (χ2v) is 9.92. The molecule has 1 saturated carbocycles. The van der Waals surface area contributed by atoms with Gasteiger partial charge in [-0.2, -0.15) is 0 Å². The number of piperidine rings is 1. The Kier molecular flexibility index (Phi) is 10.3.